The van der Waals surface area contributed by atoms with Gasteiger partial charge in [-0.25, -0.2) is 9.97 Å². The summed E-state index contributed by atoms with van der Waals surface area (Å²) in [6.07, 6.45) is 3.35. The molecule has 5 nitrogen and oxygen atoms in total. The molecule has 1 aromatic heterocycles. The van der Waals surface area contributed by atoms with Gasteiger partial charge >= 0.3 is 0 Å². The topological polar surface area (TPSA) is 52.5 Å². The largest absolute Gasteiger partial charge is 0.395 e. The van der Waals surface area contributed by atoms with E-state index in [0.29, 0.717) is 0 Å². The smallest absolute Gasteiger partial charge is 0.131 e. The van der Waals surface area contributed by atoms with Crippen molar-refractivity contribution in [1.82, 2.24) is 14.9 Å². The summed E-state index contributed by atoms with van der Waals surface area (Å²) in [7, 11) is 0. The number of aliphatic hydroxyl groups is 1. The molecule has 0 aromatic carbocycles. The van der Waals surface area contributed by atoms with E-state index >= 15 is 0 Å². The van der Waals surface area contributed by atoms with Gasteiger partial charge in [-0.3, -0.25) is 4.90 Å². The quantitative estimate of drug-likeness (QED) is 0.732. The van der Waals surface area contributed by atoms with Crippen LogP contribution in [0.3, 0.4) is 0 Å². The van der Waals surface area contributed by atoms with Crippen LogP contribution < -0.4 is 4.90 Å². The highest BCUT2D eigenvalue weighted by Gasteiger charge is 2.16. The van der Waals surface area contributed by atoms with E-state index in [1.54, 1.807) is 12.5 Å². The zero-order valence-corrected chi connectivity index (χ0v) is 8.71. The number of nitrogens with zero attached hydrogens (tertiary/aromatic N) is 4. The molecule has 1 aliphatic heterocycles. The van der Waals surface area contributed by atoms with E-state index in [4.69, 9.17) is 5.11 Å². The van der Waals surface area contributed by atoms with Crippen molar-refractivity contribution >= 4 is 5.82 Å². The fourth-order valence-electron chi connectivity index (χ4n) is 1.81. The molecular weight excluding hydrogens is 192 g/mol. The van der Waals surface area contributed by atoms with Gasteiger partial charge in [0.15, 0.2) is 0 Å². The zero-order chi connectivity index (χ0) is 10.5. The van der Waals surface area contributed by atoms with Crippen molar-refractivity contribution in [2.75, 3.05) is 44.2 Å². The van der Waals surface area contributed by atoms with Crippen molar-refractivity contribution in [3.05, 3.63) is 18.6 Å². The summed E-state index contributed by atoms with van der Waals surface area (Å²) in [5.74, 6) is 0.994. The first-order valence-corrected chi connectivity index (χ1v) is 5.24. The number of rotatable bonds is 3. The van der Waals surface area contributed by atoms with Crippen molar-refractivity contribution in [2.24, 2.45) is 0 Å². The summed E-state index contributed by atoms with van der Waals surface area (Å²) >= 11 is 0. The number of hydrogen-bond acceptors (Lipinski definition) is 5. The van der Waals surface area contributed by atoms with Gasteiger partial charge in [-0.1, -0.05) is 0 Å². The Morgan fingerprint density at radius 2 is 2.07 bits per heavy atom. The summed E-state index contributed by atoms with van der Waals surface area (Å²) < 4.78 is 0. The molecule has 1 aliphatic rings. The minimum absolute atomic E-state index is 0.244. The fourth-order valence-corrected chi connectivity index (χ4v) is 1.81. The first kappa shape index (κ1) is 10.3. The molecular formula is C10H16N4O. The fraction of sp³-hybridized carbons (Fsp3) is 0.600. The van der Waals surface area contributed by atoms with Crippen molar-refractivity contribution in [3.63, 3.8) is 0 Å². The Labute approximate surface area is 89.4 Å². The molecule has 0 unspecified atom stereocenters. The van der Waals surface area contributed by atoms with Gasteiger partial charge in [0.1, 0.15) is 12.1 Å². The highest BCUT2D eigenvalue weighted by atomic mass is 16.3. The molecule has 0 atom stereocenters. The maximum absolute atomic E-state index is 8.83. The third kappa shape index (κ3) is 2.64. The third-order valence-electron chi connectivity index (χ3n) is 2.68. The molecule has 15 heavy (non-hydrogen) atoms. The SMILES string of the molecule is OCCN1CCN(c2ccncn2)CC1. The molecule has 2 rings (SSSR count). The minimum atomic E-state index is 0.244. The Hall–Kier alpha value is -1.20. The molecule has 0 aliphatic carbocycles. The summed E-state index contributed by atoms with van der Waals surface area (Å²) in [5, 5.41) is 8.83. The van der Waals surface area contributed by atoms with Gasteiger partial charge in [0.2, 0.25) is 0 Å². The van der Waals surface area contributed by atoms with Crippen LogP contribution in [0.15, 0.2) is 18.6 Å². The predicted octanol–water partition coefficient (Wildman–Crippen LogP) is -0.409. The van der Waals surface area contributed by atoms with E-state index in [1.807, 2.05) is 6.07 Å². The van der Waals surface area contributed by atoms with Gasteiger partial charge in [-0.2, -0.15) is 0 Å². The average Bonchev–Trinajstić information content (AvgIpc) is 2.32. The standard InChI is InChI=1S/C10H16N4O/c15-8-7-13-3-5-14(6-4-13)10-1-2-11-9-12-10/h1-2,9,15H,3-8H2. The lowest BCUT2D eigenvalue weighted by molar-refractivity contribution is 0.188. The van der Waals surface area contributed by atoms with Gasteiger partial charge in [0.25, 0.3) is 0 Å². The molecule has 82 valence electrons. The summed E-state index contributed by atoms with van der Waals surface area (Å²) in [5.41, 5.74) is 0. The Morgan fingerprint density at radius 1 is 1.27 bits per heavy atom. The van der Waals surface area contributed by atoms with Crippen molar-refractivity contribution in [3.8, 4) is 0 Å². The van der Waals surface area contributed by atoms with E-state index in [2.05, 4.69) is 19.8 Å². The first-order chi connectivity index (χ1) is 7.40. The number of anilines is 1. The minimum Gasteiger partial charge on any atom is -0.395 e. The van der Waals surface area contributed by atoms with Crippen LogP contribution in [0.25, 0.3) is 0 Å². The van der Waals surface area contributed by atoms with Gasteiger partial charge in [0.05, 0.1) is 6.61 Å². The van der Waals surface area contributed by atoms with Crippen molar-refractivity contribution < 1.29 is 5.11 Å². The Balaban J connectivity index is 1.88. The number of aromatic nitrogens is 2. The Bertz CT molecular complexity index is 285. The van der Waals surface area contributed by atoms with Crippen LogP contribution in [0.4, 0.5) is 5.82 Å². The lowest BCUT2D eigenvalue weighted by atomic mass is 10.3. The molecule has 1 N–H and O–H groups in total. The lowest BCUT2D eigenvalue weighted by Crippen LogP contribution is -2.47. The zero-order valence-electron chi connectivity index (χ0n) is 8.71. The van der Waals surface area contributed by atoms with Gasteiger partial charge in [-0.05, 0) is 6.07 Å². The molecule has 0 amide bonds. The van der Waals surface area contributed by atoms with E-state index in [-0.39, 0.29) is 6.61 Å². The van der Waals surface area contributed by atoms with Crippen LogP contribution in [0.1, 0.15) is 0 Å². The van der Waals surface area contributed by atoms with Gasteiger partial charge < -0.3 is 10.0 Å². The van der Waals surface area contributed by atoms with Gasteiger partial charge in [-0.15, -0.1) is 0 Å². The van der Waals surface area contributed by atoms with Crippen LogP contribution >= 0.6 is 0 Å². The van der Waals surface area contributed by atoms with Crippen LogP contribution in [-0.4, -0.2) is 59.3 Å². The third-order valence-corrected chi connectivity index (χ3v) is 2.68. The lowest BCUT2D eigenvalue weighted by Gasteiger charge is -2.34. The Morgan fingerprint density at radius 3 is 2.67 bits per heavy atom. The van der Waals surface area contributed by atoms with Crippen LogP contribution in [-0.2, 0) is 0 Å². The highest BCUT2D eigenvalue weighted by molar-refractivity contribution is 5.36. The molecule has 1 saturated heterocycles. The maximum atomic E-state index is 8.83. The van der Waals surface area contributed by atoms with Crippen molar-refractivity contribution in [2.45, 2.75) is 0 Å². The first-order valence-electron chi connectivity index (χ1n) is 5.24. The summed E-state index contributed by atoms with van der Waals surface area (Å²) in [6.45, 7) is 4.94. The van der Waals surface area contributed by atoms with Crippen LogP contribution in [0, 0.1) is 0 Å². The second-order valence-corrected chi connectivity index (χ2v) is 3.62. The van der Waals surface area contributed by atoms with Crippen LogP contribution in [0.2, 0.25) is 0 Å². The van der Waals surface area contributed by atoms with Crippen LogP contribution in [0.5, 0.6) is 0 Å². The van der Waals surface area contributed by atoms with Crippen molar-refractivity contribution in [1.29, 1.82) is 0 Å². The number of hydrogen-bond donors (Lipinski definition) is 1. The molecule has 2 heterocycles. The monoisotopic (exact) mass is 208 g/mol. The molecule has 0 spiro atoms. The molecule has 5 heteroatoms. The van der Waals surface area contributed by atoms with E-state index in [9.17, 15) is 0 Å². The second-order valence-electron chi connectivity index (χ2n) is 3.62. The van der Waals surface area contributed by atoms with E-state index < -0.39 is 0 Å². The molecule has 0 saturated carbocycles. The second kappa shape index (κ2) is 5.04. The molecule has 1 fully saturated rings. The predicted molar refractivity (Wildman–Crippen MR) is 57.8 cm³/mol. The number of piperazine rings is 1. The van der Waals surface area contributed by atoms with Gasteiger partial charge in [0, 0.05) is 38.9 Å². The van der Waals surface area contributed by atoms with E-state index in [0.717, 1.165) is 38.5 Å². The number of aliphatic hydroxyl groups excluding tert-OH is 1. The molecule has 0 radical (unpaired) electrons. The number of β-amino-alcohol motifs (C(OH)–C–C–N with tert-alkyl or cyclic N) is 1. The molecule has 1 aromatic rings. The normalized spacial score (nSPS) is 18.1. The molecule has 0 bridgehead atoms. The highest BCUT2D eigenvalue weighted by Crippen LogP contribution is 2.11. The average molecular weight is 208 g/mol. The summed E-state index contributed by atoms with van der Waals surface area (Å²) in [4.78, 5) is 12.6. The van der Waals surface area contributed by atoms with E-state index in [1.165, 1.54) is 0 Å². The Kier molecular flexibility index (Phi) is 3.47. The maximum Gasteiger partial charge on any atom is 0.131 e. The summed E-state index contributed by atoms with van der Waals surface area (Å²) in [6, 6.07) is 1.93.